The van der Waals surface area contributed by atoms with E-state index in [4.69, 9.17) is 5.73 Å². The van der Waals surface area contributed by atoms with Crippen molar-refractivity contribution < 1.29 is 14.7 Å². The van der Waals surface area contributed by atoms with Gasteiger partial charge in [-0.15, -0.1) is 0 Å². The van der Waals surface area contributed by atoms with E-state index in [1.54, 1.807) is 12.2 Å². The van der Waals surface area contributed by atoms with E-state index < -0.39 is 11.4 Å². The van der Waals surface area contributed by atoms with Crippen molar-refractivity contribution >= 4 is 18.0 Å². The molecule has 4 nitrogen and oxygen atoms in total. The number of carbonyl (C=O) groups excluding carboxylic acids is 1. The van der Waals surface area contributed by atoms with Gasteiger partial charge in [0.15, 0.2) is 0 Å². The number of carboxylic acids is 1. The first-order valence-corrected chi connectivity index (χ1v) is 5.83. The largest absolute Gasteiger partial charge is 0.481 e. The normalized spacial score (nSPS) is 16.7. The molecule has 0 heterocycles. The van der Waals surface area contributed by atoms with Gasteiger partial charge in [0.05, 0.1) is 5.41 Å². The predicted octanol–water partition coefficient (Wildman–Crippen LogP) is 1.69. The number of primary amides is 1. The molecule has 1 fully saturated rings. The van der Waals surface area contributed by atoms with Crippen molar-refractivity contribution in [1.82, 2.24) is 0 Å². The molecule has 0 aromatic heterocycles. The maximum absolute atomic E-state index is 11.2. The smallest absolute Gasteiger partial charge is 0.314 e. The number of rotatable bonds is 5. The van der Waals surface area contributed by atoms with Crippen molar-refractivity contribution in [3.8, 4) is 0 Å². The van der Waals surface area contributed by atoms with Gasteiger partial charge in [-0.05, 0) is 24.0 Å². The molecule has 3 N–H and O–H groups in total. The number of nitrogens with two attached hydrogens (primary N) is 1. The summed E-state index contributed by atoms with van der Waals surface area (Å²) in [6.07, 6.45) is 5.04. The first-order valence-electron chi connectivity index (χ1n) is 5.83. The first-order chi connectivity index (χ1) is 8.54. The number of hydrogen-bond donors (Lipinski definition) is 2. The lowest BCUT2D eigenvalue weighted by molar-refractivity contribution is -0.140. The Hall–Kier alpha value is -2.10. The number of carboxylic acid groups (broad SMARTS) is 1. The summed E-state index contributed by atoms with van der Waals surface area (Å²) in [7, 11) is 0. The first kappa shape index (κ1) is 12.4. The van der Waals surface area contributed by atoms with E-state index in [0.717, 1.165) is 11.1 Å². The lowest BCUT2D eigenvalue weighted by atomic mass is 9.94. The molecular weight excluding hydrogens is 230 g/mol. The van der Waals surface area contributed by atoms with Crippen molar-refractivity contribution in [1.29, 1.82) is 0 Å². The van der Waals surface area contributed by atoms with Gasteiger partial charge in [-0.1, -0.05) is 36.4 Å². The molecule has 4 heteroatoms. The average molecular weight is 245 g/mol. The van der Waals surface area contributed by atoms with E-state index >= 15 is 0 Å². The van der Waals surface area contributed by atoms with E-state index in [0.29, 0.717) is 12.8 Å². The van der Waals surface area contributed by atoms with Crippen LogP contribution in [0.5, 0.6) is 0 Å². The fourth-order valence-electron chi connectivity index (χ4n) is 2.00. The second-order valence-corrected chi connectivity index (χ2v) is 4.59. The van der Waals surface area contributed by atoms with Gasteiger partial charge >= 0.3 is 5.97 Å². The van der Waals surface area contributed by atoms with Gasteiger partial charge in [0, 0.05) is 6.42 Å². The van der Waals surface area contributed by atoms with Crippen LogP contribution in [0.3, 0.4) is 0 Å². The number of aliphatic carboxylic acids is 1. The van der Waals surface area contributed by atoms with E-state index in [9.17, 15) is 14.7 Å². The standard InChI is InChI=1S/C14H15NO3/c15-12(16)6-2-4-10-3-1-5-11(9-10)14(7-8-14)13(17)18/h1-5,9H,6-8H2,(H2,15,16)(H,17,18). The van der Waals surface area contributed by atoms with E-state index in [-0.39, 0.29) is 12.3 Å². The molecule has 1 aromatic rings. The minimum absolute atomic E-state index is 0.189. The summed E-state index contributed by atoms with van der Waals surface area (Å²) in [5.74, 6) is -1.15. The summed E-state index contributed by atoms with van der Waals surface area (Å²) in [6, 6.07) is 7.41. The molecule has 0 spiro atoms. The number of hydrogen-bond acceptors (Lipinski definition) is 2. The van der Waals surface area contributed by atoms with Crippen LogP contribution in [0.15, 0.2) is 30.3 Å². The van der Waals surface area contributed by atoms with E-state index in [2.05, 4.69) is 0 Å². The fraction of sp³-hybridized carbons (Fsp3) is 0.286. The van der Waals surface area contributed by atoms with Gasteiger partial charge in [-0.2, -0.15) is 0 Å². The third kappa shape index (κ3) is 2.42. The highest BCUT2D eigenvalue weighted by Gasteiger charge is 2.51. The molecule has 0 radical (unpaired) electrons. The fourth-order valence-corrected chi connectivity index (χ4v) is 2.00. The topological polar surface area (TPSA) is 80.4 Å². The SMILES string of the molecule is NC(=O)CC=Cc1cccc(C2(C(=O)O)CC2)c1. The van der Waals surface area contributed by atoms with Gasteiger partial charge in [-0.3, -0.25) is 9.59 Å². The van der Waals surface area contributed by atoms with Crippen LogP contribution in [0.2, 0.25) is 0 Å². The summed E-state index contributed by atoms with van der Waals surface area (Å²) < 4.78 is 0. The third-order valence-corrected chi connectivity index (χ3v) is 3.23. The van der Waals surface area contributed by atoms with Gasteiger partial charge < -0.3 is 10.8 Å². The van der Waals surface area contributed by atoms with Crippen LogP contribution in [0.1, 0.15) is 30.4 Å². The van der Waals surface area contributed by atoms with Crippen LogP contribution in [-0.4, -0.2) is 17.0 Å². The van der Waals surface area contributed by atoms with Crippen molar-refractivity contribution in [2.24, 2.45) is 5.73 Å². The Morgan fingerprint density at radius 1 is 1.39 bits per heavy atom. The van der Waals surface area contributed by atoms with Gasteiger partial charge in [0.2, 0.25) is 5.91 Å². The monoisotopic (exact) mass is 245 g/mol. The van der Waals surface area contributed by atoms with Crippen molar-refractivity contribution in [2.75, 3.05) is 0 Å². The second-order valence-electron chi connectivity index (χ2n) is 4.59. The second kappa shape index (κ2) is 4.64. The molecule has 0 atom stereocenters. The maximum atomic E-state index is 11.2. The summed E-state index contributed by atoms with van der Waals surface area (Å²) in [4.78, 5) is 21.8. The van der Waals surface area contributed by atoms with E-state index in [1.165, 1.54) is 0 Å². The van der Waals surface area contributed by atoms with Gasteiger partial charge in [0.25, 0.3) is 0 Å². The Balaban J connectivity index is 2.18. The summed E-state index contributed by atoms with van der Waals surface area (Å²) in [6.45, 7) is 0. The molecule has 1 saturated carbocycles. The highest BCUT2D eigenvalue weighted by molar-refractivity contribution is 5.85. The number of amides is 1. The van der Waals surface area contributed by atoms with Crippen LogP contribution < -0.4 is 5.73 Å². The van der Waals surface area contributed by atoms with Gasteiger partial charge in [-0.25, -0.2) is 0 Å². The van der Waals surface area contributed by atoms with Crippen LogP contribution >= 0.6 is 0 Å². The molecular formula is C14H15NO3. The zero-order valence-corrected chi connectivity index (χ0v) is 9.93. The Morgan fingerprint density at radius 2 is 2.11 bits per heavy atom. The number of carbonyl (C=O) groups is 2. The Kier molecular flexibility index (Phi) is 3.19. The lowest BCUT2D eigenvalue weighted by Crippen LogP contribution is -2.19. The molecule has 2 rings (SSSR count). The predicted molar refractivity (Wildman–Crippen MR) is 67.8 cm³/mol. The lowest BCUT2D eigenvalue weighted by Gasteiger charge is -2.10. The summed E-state index contributed by atoms with van der Waals surface area (Å²) in [5.41, 5.74) is 6.07. The zero-order valence-electron chi connectivity index (χ0n) is 9.93. The van der Waals surface area contributed by atoms with Crippen LogP contribution in [0, 0.1) is 0 Å². The average Bonchev–Trinajstić information content (AvgIpc) is 3.10. The van der Waals surface area contributed by atoms with Crippen molar-refractivity contribution in [2.45, 2.75) is 24.7 Å². The van der Waals surface area contributed by atoms with Crippen molar-refractivity contribution in [3.63, 3.8) is 0 Å². The molecule has 0 bridgehead atoms. The molecule has 1 aliphatic rings. The minimum Gasteiger partial charge on any atom is -0.481 e. The zero-order chi connectivity index (χ0) is 13.2. The molecule has 0 unspecified atom stereocenters. The van der Waals surface area contributed by atoms with Crippen LogP contribution in [0.4, 0.5) is 0 Å². The minimum atomic E-state index is -0.763. The molecule has 1 amide bonds. The highest BCUT2D eigenvalue weighted by atomic mass is 16.4. The molecule has 1 aromatic carbocycles. The maximum Gasteiger partial charge on any atom is 0.314 e. The Labute approximate surface area is 105 Å². The van der Waals surface area contributed by atoms with Gasteiger partial charge in [0.1, 0.15) is 0 Å². The Bertz CT molecular complexity index is 516. The summed E-state index contributed by atoms with van der Waals surface area (Å²) in [5, 5.41) is 9.22. The van der Waals surface area contributed by atoms with Crippen molar-refractivity contribution in [3.05, 3.63) is 41.5 Å². The Morgan fingerprint density at radius 3 is 2.67 bits per heavy atom. The van der Waals surface area contributed by atoms with Crippen LogP contribution in [0.25, 0.3) is 6.08 Å². The molecule has 94 valence electrons. The molecule has 1 aliphatic carbocycles. The quantitative estimate of drug-likeness (QED) is 0.828. The van der Waals surface area contributed by atoms with E-state index in [1.807, 2.05) is 24.3 Å². The highest BCUT2D eigenvalue weighted by Crippen LogP contribution is 2.48. The molecule has 18 heavy (non-hydrogen) atoms. The third-order valence-electron chi connectivity index (χ3n) is 3.23. The molecule has 0 aliphatic heterocycles. The number of benzene rings is 1. The molecule has 0 saturated heterocycles. The summed E-state index contributed by atoms with van der Waals surface area (Å²) >= 11 is 0. The van der Waals surface area contributed by atoms with Crippen LogP contribution in [-0.2, 0) is 15.0 Å².